The van der Waals surface area contributed by atoms with E-state index in [1.54, 1.807) is 11.7 Å². The molecule has 2 atom stereocenters. The number of nitrogens with zero attached hydrogens (tertiary/aromatic N) is 8. The Hall–Kier alpha value is -3.57. The largest absolute Gasteiger partial charge is 0.489 e. The van der Waals surface area contributed by atoms with E-state index >= 15 is 0 Å². The third-order valence-electron chi connectivity index (χ3n) is 6.36. The van der Waals surface area contributed by atoms with Crippen LogP contribution >= 0.6 is 0 Å². The van der Waals surface area contributed by atoms with Gasteiger partial charge < -0.3 is 14.6 Å². The number of hydrogen-bond acceptors (Lipinski definition) is 9. The summed E-state index contributed by atoms with van der Waals surface area (Å²) in [6, 6.07) is 3.97. The summed E-state index contributed by atoms with van der Waals surface area (Å²) >= 11 is 0. The predicted octanol–water partition coefficient (Wildman–Crippen LogP) is 2.03. The van der Waals surface area contributed by atoms with Crippen molar-refractivity contribution < 1.29 is 19.4 Å². The first kappa shape index (κ1) is 22.2. The summed E-state index contributed by atoms with van der Waals surface area (Å²) in [6.45, 7) is 2.81. The van der Waals surface area contributed by atoms with Crippen molar-refractivity contribution >= 4 is 5.97 Å². The summed E-state index contributed by atoms with van der Waals surface area (Å²) in [5.74, 6) is 0.161. The highest BCUT2D eigenvalue weighted by atomic mass is 16.5. The lowest BCUT2D eigenvalue weighted by molar-refractivity contribution is -0.143. The molecule has 3 heterocycles. The Morgan fingerprint density at radius 3 is 2.79 bits per heavy atom. The van der Waals surface area contributed by atoms with Gasteiger partial charge in [0.2, 0.25) is 0 Å². The number of aromatic nitrogens is 8. The number of aryl methyl sites for hydroxylation is 2. The lowest BCUT2D eigenvalue weighted by Gasteiger charge is -2.27. The maximum atomic E-state index is 11.3. The number of ether oxygens (including phenoxy) is 2. The number of pyridine rings is 1. The van der Waals surface area contributed by atoms with E-state index in [1.807, 2.05) is 19.1 Å². The molecule has 2 saturated carbocycles. The third kappa shape index (κ3) is 5.00. The number of carboxylic acids is 1. The van der Waals surface area contributed by atoms with Crippen LogP contribution in [-0.2, 0) is 18.4 Å². The Morgan fingerprint density at radius 2 is 2.03 bits per heavy atom. The van der Waals surface area contributed by atoms with Crippen LogP contribution in [0.2, 0.25) is 0 Å². The zero-order valence-corrected chi connectivity index (χ0v) is 19.3. The van der Waals surface area contributed by atoms with E-state index in [2.05, 4.69) is 25.7 Å². The Kier molecular flexibility index (Phi) is 6.12. The zero-order valence-electron chi connectivity index (χ0n) is 19.3. The van der Waals surface area contributed by atoms with Gasteiger partial charge in [-0.25, -0.2) is 9.67 Å². The van der Waals surface area contributed by atoms with E-state index in [0.29, 0.717) is 54.7 Å². The van der Waals surface area contributed by atoms with Crippen LogP contribution in [0.4, 0.5) is 0 Å². The summed E-state index contributed by atoms with van der Waals surface area (Å²) in [5, 5.41) is 30.1. The summed E-state index contributed by atoms with van der Waals surface area (Å²) in [7, 11) is 1.81. The van der Waals surface area contributed by atoms with Gasteiger partial charge in [0.25, 0.3) is 0 Å². The van der Waals surface area contributed by atoms with Gasteiger partial charge in [-0.2, -0.15) is 4.80 Å². The average molecular weight is 469 g/mol. The molecule has 12 heteroatoms. The first-order chi connectivity index (χ1) is 16.5. The first-order valence-corrected chi connectivity index (χ1v) is 11.6. The summed E-state index contributed by atoms with van der Waals surface area (Å²) < 4.78 is 13.4. The van der Waals surface area contributed by atoms with Crippen molar-refractivity contribution in [3.8, 4) is 23.1 Å². The van der Waals surface area contributed by atoms with Crippen molar-refractivity contribution in [1.29, 1.82) is 0 Å². The van der Waals surface area contributed by atoms with E-state index in [9.17, 15) is 9.90 Å². The molecule has 0 bridgehead atoms. The minimum atomic E-state index is -0.753. The number of carboxylic acid groups (broad SMARTS) is 1. The predicted molar refractivity (Wildman–Crippen MR) is 118 cm³/mol. The molecule has 2 aliphatic carbocycles. The van der Waals surface area contributed by atoms with Crippen molar-refractivity contribution in [3.05, 3.63) is 23.5 Å². The molecule has 2 fully saturated rings. The molecule has 0 saturated heterocycles. The fourth-order valence-electron chi connectivity index (χ4n) is 4.18. The van der Waals surface area contributed by atoms with E-state index in [4.69, 9.17) is 14.5 Å². The van der Waals surface area contributed by atoms with Crippen LogP contribution in [-0.4, -0.2) is 64.0 Å². The highest BCUT2D eigenvalue weighted by molar-refractivity contribution is 5.70. The third-order valence-corrected chi connectivity index (χ3v) is 6.36. The lowest BCUT2D eigenvalue weighted by atomic mass is 9.87. The minimum absolute atomic E-state index is 0.122. The highest BCUT2D eigenvalue weighted by Gasteiger charge is 2.29. The van der Waals surface area contributed by atoms with Crippen molar-refractivity contribution in [2.24, 2.45) is 18.9 Å². The summed E-state index contributed by atoms with van der Waals surface area (Å²) in [4.78, 5) is 17.5. The molecule has 0 radical (unpaired) electrons. The highest BCUT2D eigenvalue weighted by Crippen LogP contribution is 2.31. The van der Waals surface area contributed by atoms with Gasteiger partial charge >= 0.3 is 12.0 Å². The maximum Gasteiger partial charge on any atom is 0.356 e. The van der Waals surface area contributed by atoms with Crippen LogP contribution in [0.5, 0.6) is 11.8 Å². The minimum Gasteiger partial charge on any atom is -0.489 e. The van der Waals surface area contributed by atoms with Crippen LogP contribution in [0.1, 0.15) is 49.9 Å². The van der Waals surface area contributed by atoms with E-state index < -0.39 is 5.97 Å². The van der Waals surface area contributed by atoms with Gasteiger partial charge in [0, 0.05) is 7.05 Å². The molecular weight excluding hydrogens is 440 g/mol. The van der Waals surface area contributed by atoms with Crippen LogP contribution < -0.4 is 9.47 Å². The SMILES string of the molecule is Cc1nc(-c2nnn(C)c2Cn2nnc(OCC3CC3)n2)ccc1O[C@H]1CCC[C@H](C(=O)O)C1. The van der Waals surface area contributed by atoms with Crippen LogP contribution in [0.25, 0.3) is 11.4 Å². The quantitative estimate of drug-likeness (QED) is 0.495. The molecule has 3 aromatic heterocycles. The fraction of sp³-hybridized carbons (Fsp3) is 0.591. The first-order valence-electron chi connectivity index (χ1n) is 11.6. The van der Waals surface area contributed by atoms with Crippen LogP contribution in [0, 0.1) is 18.8 Å². The van der Waals surface area contributed by atoms with Crippen molar-refractivity contribution in [3.63, 3.8) is 0 Å². The maximum absolute atomic E-state index is 11.3. The van der Waals surface area contributed by atoms with Crippen LogP contribution in [0.3, 0.4) is 0 Å². The van der Waals surface area contributed by atoms with Crippen molar-refractivity contribution in [1.82, 2.24) is 40.2 Å². The zero-order chi connectivity index (χ0) is 23.7. The molecule has 0 spiro atoms. The molecule has 3 aromatic rings. The molecule has 0 aliphatic heterocycles. The standard InChI is InChI=1S/C22H28N8O4/c1-13-19(34-16-5-3-4-15(10-16)21(31)32)9-8-17(23-13)20-18(29(2)27-24-20)11-30-26-22(25-28-30)33-12-14-6-7-14/h8-9,14-16H,3-7,10-12H2,1-2H3,(H,31,32)/t15-,16-/m0/s1. The number of hydrogen-bond donors (Lipinski definition) is 1. The second-order valence-corrected chi connectivity index (χ2v) is 9.09. The van der Waals surface area contributed by atoms with Gasteiger partial charge in [0.05, 0.1) is 35.7 Å². The second kappa shape index (κ2) is 9.35. The van der Waals surface area contributed by atoms with Crippen molar-refractivity contribution in [2.75, 3.05) is 6.61 Å². The van der Waals surface area contributed by atoms with E-state index in [-0.39, 0.29) is 18.0 Å². The van der Waals surface area contributed by atoms with E-state index in [0.717, 1.165) is 18.5 Å². The Balaban J connectivity index is 1.29. The summed E-state index contributed by atoms with van der Waals surface area (Å²) in [6.07, 6.45) is 5.17. The molecule has 2 aliphatic rings. The van der Waals surface area contributed by atoms with Crippen LogP contribution in [0.15, 0.2) is 12.1 Å². The molecule has 0 aromatic carbocycles. The molecule has 180 valence electrons. The Morgan fingerprint density at radius 1 is 1.18 bits per heavy atom. The fourth-order valence-corrected chi connectivity index (χ4v) is 4.18. The molecule has 34 heavy (non-hydrogen) atoms. The molecule has 0 unspecified atom stereocenters. The Labute approximate surface area is 196 Å². The van der Waals surface area contributed by atoms with Gasteiger partial charge in [-0.1, -0.05) is 15.4 Å². The van der Waals surface area contributed by atoms with Gasteiger partial charge in [0.15, 0.2) is 0 Å². The second-order valence-electron chi connectivity index (χ2n) is 9.09. The summed E-state index contributed by atoms with van der Waals surface area (Å²) in [5.41, 5.74) is 2.77. The lowest BCUT2D eigenvalue weighted by Crippen LogP contribution is -2.29. The number of carbonyl (C=O) groups is 1. The average Bonchev–Trinajstić information content (AvgIpc) is 3.44. The molecule has 1 N–H and O–H groups in total. The number of aliphatic carboxylic acids is 1. The number of rotatable bonds is 9. The van der Waals surface area contributed by atoms with Gasteiger partial charge in [-0.15, -0.1) is 5.10 Å². The Bertz CT molecular complexity index is 1170. The topological polar surface area (TPSA) is 143 Å². The van der Waals surface area contributed by atoms with Gasteiger partial charge in [0.1, 0.15) is 18.0 Å². The monoisotopic (exact) mass is 468 g/mol. The molecule has 0 amide bonds. The van der Waals surface area contributed by atoms with Gasteiger partial charge in [-0.3, -0.25) is 4.79 Å². The molecule has 5 rings (SSSR count). The molecular formula is C22H28N8O4. The van der Waals surface area contributed by atoms with Crippen molar-refractivity contribution in [2.45, 2.75) is 58.1 Å². The van der Waals surface area contributed by atoms with Gasteiger partial charge in [-0.05, 0) is 68.7 Å². The molecule has 12 nitrogen and oxygen atoms in total. The smallest absolute Gasteiger partial charge is 0.356 e. The van der Waals surface area contributed by atoms with E-state index in [1.165, 1.54) is 17.6 Å². The number of tetrazole rings is 1. The normalized spacial score (nSPS) is 20.3.